The fraction of sp³-hybridized carbons (Fsp3) is 0.286. The van der Waals surface area contributed by atoms with Crippen LogP contribution in [0.1, 0.15) is 31.4 Å². The first kappa shape index (κ1) is 28.4. The molecule has 0 aromatic heterocycles. The Kier molecular flexibility index (Phi) is 9.88. The molecule has 1 atom stereocenters. The van der Waals surface area contributed by atoms with Crippen LogP contribution in [0, 0.1) is 6.92 Å². The van der Waals surface area contributed by atoms with Crippen molar-refractivity contribution in [3.63, 3.8) is 0 Å². The van der Waals surface area contributed by atoms with E-state index < -0.39 is 28.5 Å². The molecule has 0 bridgehead atoms. The molecule has 7 nitrogen and oxygen atoms in total. The Morgan fingerprint density at radius 3 is 2.11 bits per heavy atom. The van der Waals surface area contributed by atoms with Gasteiger partial charge in [0.25, 0.3) is 10.0 Å². The van der Waals surface area contributed by atoms with Gasteiger partial charge in [-0.1, -0.05) is 70.9 Å². The van der Waals surface area contributed by atoms with Gasteiger partial charge in [-0.05, 0) is 62.2 Å². The van der Waals surface area contributed by atoms with Crippen molar-refractivity contribution in [1.29, 1.82) is 0 Å². The van der Waals surface area contributed by atoms with Gasteiger partial charge < -0.3 is 10.2 Å². The van der Waals surface area contributed by atoms with Crippen molar-refractivity contribution in [2.24, 2.45) is 0 Å². The van der Waals surface area contributed by atoms with Crippen molar-refractivity contribution in [2.75, 3.05) is 17.4 Å². The predicted molar refractivity (Wildman–Crippen MR) is 150 cm³/mol. The molecule has 0 fully saturated rings. The molecule has 3 aromatic rings. The third-order valence-electron chi connectivity index (χ3n) is 5.94. The van der Waals surface area contributed by atoms with Gasteiger partial charge in [0.15, 0.2) is 0 Å². The van der Waals surface area contributed by atoms with E-state index in [0.29, 0.717) is 18.7 Å². The molecular formula is C28H32BrN3O4S. The summed E-state index contributed by atoms with van der Waals surface area (Å²) in [7, 11) is -4.07. The molecule has 2 amide bonds. The summed E-state index contributed by atoms with van der Waals surface area (Å²) < 4.78 is 29.3. The average Bonchev–Trinajstić information content (AvgIpc) is 2.89. The van der Waals surface area contributed by atoms with Crippen molar-refractivity contribution < 1.29 is 18.0 Å². The number of halogens is 1. The van der Waals surface area contributed by atoms with Crippen LogP contribution in [0.5, 0.6) is 0 Å². The van der Waals surface area contributed by atoms with Gasteiger partial charge in [0.05, 0.1) is 10.6 Å². The minimum Gasteiger partial charge on any atom is -0.355 e. The van der Waals surface area contributed by atoms with E-state index in [0.717, 1.165) is 19.9 Å². The van der Waals surface area contributed by atoms with Crippen LogP contribution in [-0.2, 0) is 26.2 Å². The summed E-state index contributed by atoms with van der Waals surface area (Å²) >= 11 is 3.38. The van der Waals surface area contributed by atoms with Gasteiger partial charge in [-0.25, -0.2) is 8.42 Å². The number of rotatable bonds is 11. The Labute approximate surface area is 227 Å². The summed E-state index contributed by atoms with van der Waals surface area (Å²) in [6, 6.07) is 21.7. The van der Waals surface area contributed by atoms with E-state index in [1.165, 1.54) is 17.0 Å². The Morgan fingerprint density at radius 1 is 0.919 bits per heavy atom. The molecule has 0 saturated heterocycles. The van der Waals surface area contributed by atoms with Gasteiger partial charge in [0, 0.05) is 17.6 Å². The van der Waals surface area contributed by atoms with E-state index in [2.05, 4.69) is 21.2 Å². The number of hydrogen-bond acceptors (Lipinski definition) is 4. The molecule has 0 heterocycles. The van der Waals surface area contributed by atoms with E-state index in [4.69, 9.17) is 0 Å². The maximum Gasteiger partial charge on any atom is 0.264 e. The first-order valence-electron chi connectivity index (χ1n) is 12.1. The average molecular weight is 587 g/mol. The van der Waals surface area contributed by atoms with Crippen LogP contribution in [0.3, 0.4) is 0 Å². The van der Waals surface area contributed by atoms with E-state index in [-0.39, 0.29) is 17.3 Å². The highest BCUT2D eigenvalue weighted by atomic mass is 79.9. The van der Waals surface area contributed by atoms with Gasteiger partial charge in [-0.3, -0.25) is 13.9 Å². The largest absolute Gasteiger partial charge is 0.355 e. The lowest BCUT2D eigenvalue weighted by Gasteiger charge is -2.33. The van der Waals surface area contributed by atoms with Crippen LogP contribution in [0.25, 0.3) is 0 Å². The van der Waals surface area contributed by atoms with Gasteiger partial charge in [0.1, 0.15) is 12.6 Å². The second kappa shape index (κ2) is 12.9. The van der Waals surface area contributed by atoms with Crippen LogP contribution in [0.2, 0.25) is 0 Å². The molecule has 196 valence electrons. The number of sulfonamides is 1. The van der Waals surface area contributed by atoms with E-state index in [9.17, 15) is 18.0 Å². The lowest BCUT2D eigenvalue weighted by atomic mass is 10.1. The summed E-state index contributed by atoms with van der Waals surface area (Å²) in [6.45, 7) is 5.77. The molecule has 3 aromatic carbocycles. The SMILES string of the molecule is CCNC(=O)[C@@H](CC)N(Cc1ccc(C)cc1)C(=O)CN(c1ccc(Br)cc1)S(=O)(=O)c1ccccc1. The van der Waals surface area contributed by atoms with Crippen LogP contribution in [-0.4, -0.2) is 44.3 Å². The topological polar surface area (TPSA) is 86.8 Å². The van der Waals surface area contributed by atoms with Crippen LogP contribution in [0.15, 0.2) is 88.2 Å². The van der Waals surface area contributed by atoms with Crippen LogP contribution < -0.4 is 9.62 Å². The Hall–Kier alpha value is -3.17. The minimum atomic E-state index is -4.07. The summed E-state index contributed by atoms with van der Waals surface area (Å²) in [5.74, 6) is -0.743. The maximum absolute atomic E-state index is 13.9. The van der Waals surface area contributed by atoms with E-state index >= 15 is 0 Å². The third-order valence-corrected chi connectivity index (χ3v) is 8.25. The predicted octanol–water partition coefficient (Wildman–Crippen LogP) is 4.90. The molecular weight excluding hydrogens is 554 g/mol. The van der Waals surface area contributed by atoms with Gasteiger partial charge in [0.2, 0.25) is 11.8 Å². The van der Waals surface area contributed by atoms with Crippen molar-refractivity contribution in [3.05, 3.63) is 94.5 Å². The number of nitrogens with zero attached hydrogens (tertiary/aromatic N) is 2. The first-order chi connectivity index (χ1) is 17.7. The summed E-state index contributed by atoms with van der Waals surface area (Å²) in [5.41, 5.74) is 2.28. The van der Waals surface area contributed by atoms with Gasteiger partial charge in [-0.15, -0.1) is 0 Å². The lowest BCUT2D eigenvalue weighted by molar-refractivity contribution is -0.140. The van der Waals surface area contributed by atoms with E-state index in [1.54, 1.807) is 42.5 Å². The quantitative estimate of drug-likeness (QED) is 0.347. The highest BCUT2D eigenvalue weighted by Gasteiger charge is 2.33. The highest BCUT2D eigenvalue weighted by molar-refractivity contribution is 9.10. The summed E-state index contributed by atoms with van der Waals surface area (Å²) in [4.78, 5) is 28.4. The third kappa shape index (κ3) is 7.20. The number of carbonyl (C=O) groups is 2. The lowest BCUT2D eigenvalue weighted by Crippen LogP contribution is -2.52. The number of carbonyl (C=O) groups excluding carboxylic acids is 2. The monoisotopic (exact) mass is 585 g/mol. The maximum atomic E-state index is 13.9. The number of aryl methyl sites for hydroxylation is 1. The molecule has 0 aliphatic heterocycles. The number of nitrogens with one attached hydrogen (secondary N) is 1. The summed E-state index contributed by atoms with van der Waals surface area (Å²) in [6.07, 6.45) is 0.382. The molecule has 0 saturated carbocycles. The first-order valence-corrected chi connectivity index (χ1v) is 14.4. The molecule has 9 heteroatoms. The Morgan fingerprint density at radius 2 is 1.54 bits per heavy atom. The van der Waals surface area contributed by atoms with Gasteiger partial charge >= 0.3 is 0 Å². The van der Waals surface area contributed by atoms with Crippen LogP contribution >= 0.6 is 15.9 Å². The molecule has 37 heavy (non-hydrogen) atoms. The smallest absolute Gasteiger partial charge is 0.264 e. The minimum absolute atomic E-state index is 0.0755. The number of amides is 2. The molecule has 0 spiro atoms. The fourth-order valence-electron chi connectivity index (χ4n) is 3.96. The van der Waals surface area contributed by atoms with Gasteiger partial charge in [-0.2, -0.15) is 0 Å². The van der Waals surface area contributed by atoms with Crippen LogP contribution in [0.4, 0.5) is 5.69 Å². The second-order valence-electron chi connectivity index (χ2n) is 8.63. The Balaban J connectivity index is 2.03. The molecule has 0 radical (unpaired) electrons. The normalized spacial score (nSPS) is 12.0. The van der Waals surface area contributed by atoms with Crippen molar-refractivity contribution in [2.45, 2.75) is 44.7 Å². The van der Waals surface area contributed by atoms with E-state index in [1.807, 2.05) is 45.0 Å². The standard InChI is InChI=1S/C28H32BrN3O4S/c1-4-26(28(34)30-5-2)31(19-22-13-11-21(3)12-14-22)27(33)20-32(24-17-15-23(29)16-18-24)37(35,36)25-9-7-6-8-10-25/h6-18,26H,4-5,19-20H2,1-3H3,(H,30,34)/t26-/m1/s1. The zero-order valence-electron chi connectivity index (χ0n) is 21.2. The second-order valence-corrected chi connectivity index (χ2v) is 11.4. The Bertz CT molecular complexity index is 1300. The molecule has 0 aliphatic carbocycles. The summed E-state index contributed by atoms with van der Waals surface area (Å²) in [5, 5.41) is 2.80. The number of anilines is 1. The fourth-order valence-corrected chi connectivity index (χ4v) is 5.66. The molecule has 3 rings (SSSR count). The van der Waals surface area contributed by atoms with Crippen molar-refractivity contribution in [3.8, 4) is 0 Å². The highest BCUT2D eigenvalue weighted by Crippen LogP contribution is 2.26. The van der Waals surface area contributed by atoms with Crippen molar-refractivity contribution in [1.82, 2.24) is 10.2 Å². The number of benzene rings is 3. The molecule has 1 N–H and O–H groups in total. The number of likely N-dealkylation sites (N-methyl/N-ethyl adjacent to an activating group) is 1. The zero-order chi connectivity index (χ0) is 27.0. The van der Waals surface area contributed by atoms with Crippen molar-refractivity contribution >= 4 is 43.5 Å². The zero-order valence-corrected chi connectivity index (χ0v) is 23.6. The molecule has 0 unspecified atom stereocenters. The molecule has 0 aliphatic rings. The number of hydrogen-bond donors (Lipinski definition) is 1.